The van der Waals surface area contributed by atoms with Gasteiger partial charge in [0.15, 0.2) is 0 Å². The fourth-order valence-electron chi connectivity index (χ4n) is 2.46. The van der Waals surface area contributed by atoms with Gasteiger partial charge in [-0.1, -0.05) is 35.9 Å². The summed E-state index contributed by atoms with van der Waals surface area (Å²) in [7, 11) is 0. The molecule has 3 N–H and O–H groups in total. The second kappa shape index (κ2) is 9.36. The largest absolute Gasteiger partial charge is 0.346 e. The molecule has 5 nitrogen and oxygen atoms in total. The van der Waals surface area contributed by atoms with Crippen molar-refractivity contribution in [3.8, 4) is 0 Å². The summed E-state index contributed by atoms with van der Waals surface area (Å²) in [6.07, 6.45) is 0. The summed E-state index contributed by atoms with van der Waals surface area (Å²) in [5, 5.41) is 9.20. The van der Waals surface area contributed by atoms with Gasteiger partial charge in [-0.3, -0.25) is 9.59 Å². The van der Waals surface area contributed by atoms with E-state index in [2.05, 4.69) is 16.0 Å². The standard InChI is InChI=1S/C20H24ClN3O2/c1-13-6-4-9-18(14(13)2)24-20(26)12-23-19(25)11-22-15(3)16-7-5-8-17(21)10-16/h4-10,15,22H,11-12H2,1-3H3,(H,23,25)(H,24,26)/t15-/m0/s1. The number of hydrogen-bond donors (Lipinski definition) is 3. The topological polar surface area (TPSA) is 70.2 Å². The normalized spacial score (nSPS) is 11.7. The van der Waals surface area contributed by atoms with Gasteiger partial charge in [-0.15, -0.1) is 0 Å². The van der Waals surface area contributed by atoms with Crippen LogP contribution < -0.4 is 16.0 Å². The number of halogens is 1. The molecule has 0 fully saturated rings. The van der Waals surface area contributed by atoms with Crippen molar-refractivity contribution >= 4 is 29.1 Å². The van der Waals surface area contributed by atoms with Gasteiger partial charge in [0, 0.05) is 16.8 Å². The molecule has 26 heavy (non-hydrogen) atoms. The van der Waals surface area contributed by atoms with E-state index in [-0.39, 0.29) is 30.9 Å². The molecule has 1 atom stereocenters. The molecule has 0 saturated carbocycles. The molecule has 2 rings (SSSR count). The van der Waals surface area contributed by atoms with E-state index >= 15 is 0 Å². The highest BCUT2D eigenvalue weighted by Gasteiger charge is 2.10. The lowest BCUT2D eigenvalue weighted by atomic mass is 10.1. The third-order valence-corrected chi connectivity index (χ3v) is 4.48. The summed E-state index contributed by atoms with van der Waals surface area (Å²) in [4.78, 5) is 24.0. The van der Waals surface area contributed by atoms with Crippen molar-refractivity contribution in [1.29, 1.82) is 0 Å². The molecule has 0 spiro atoms. The molecule has 0 bridgehead atoms. The van der Waals surface area contributed by atoms with E-state index in [1.54, 1.807) is 6.07 Å². The lowest BCUT2D eigenvalue weighted by molar-refractivity contribution is -0.123. The summed E-state index contributed by atoms with van der Waals surface area (Å²) in [5.41, 5.74) is 3.88. The molecule has 2 aromatic carbocycles. The minimum atomic E-state index is -0.255. The Balaban J connectivity index is 1.76. The fraction of sp³-hybridized carbons (Fsp3) is 0.300. The molecule has 0 heterocycles. The van der Waals surface area contributed by atoms with Crippen LogP contribution in [0.25, 0.3) is 0 Å². The number of amides is 2. The second-order valence-corrected chi connectivity index (χ2v) is 6.67. The highest BCUT2D eigenvalue weighted by molar-refractivity contribution is 6.30. The van der Waals surface area contributed by atoms with E-state index in [4.69, 9.17) is 11.6 Å². The fourth-order valence-corrected chi connectivity index (χ4v) is 2.66. The maximum atomic E-state index is 12.0. The molecule has 0 radical (unpaired) electrons. The van der Waals surface area contributed by atoms with Crippen LogP contribution in [-0.2, 0) is 9.59 Å². The molecule has 0 aliphatic rings. The Morgan fingerprint density at radius 1 is 1.04 bits per heavy atom. The van der Waals surface area contributed by atoms with Crippen molar-refractivity contribution in [2.24, 2.45) is 0 Å². The number of hydrogen-bond acceptors (Lipinski definition) is 3. The first kappa shape index (κ1) is 19.9. The zero-order chi connectivity index (χ0) is 19.1. The van der Waals surface area contributed by atoms with E-state index in [1.165, 1.54) is 0 Å². The molecule has 0 unspecified atom stereocenters. The number of nitrogens with one attached hydrogen (secondary N) is 3. The maximum Gasteiger partial charge on any atom is 0.243 e. The van der Waals surface area contributed by atoms with Crippen molar-refractivity contribution in [2.75, 3.05) is 18.4 Å². The summed E-state index contributed by atoms with van der Waals surface area (Å²) in [5.74, 6) is -0.495. The van der Waals surface area contributed by atoms with Crippen molar-refractivity contribution in [1.82, 2.24) is 10.6 Å². The molecular formula is C20H24ClN3O2. The molecule has 0 aliphatic heterocycles. The minimum Gasteiger partial charge on any atom is -0.346 e. The van der Waals surface area contributed by atoms with E-state index in [9.17, 15) is 9.59 Å². The number of carbonyl (C=O) groups is 2. The lowest BCUT2D eigenvalue weighted by Gasteiger charge is -2.15. The third-order valence-electron chi connectivity index (χ3n) is 4.24. The predicted molar refractivity (Wildman–Crippen MR) is 105 cm³/mol. The maximum absolute atomic E-state index is 12.0. The number of benzene rings is 2. The first-order valence-corrected chi connectivity index (χ1v) is 8.86. The molecule has 0 aromatic heterocycles. The van der Waals surface area contributed by atoms with Gasteiger partial charge >= 0.3 is 0 Å². The number of aryl methyl sites for hydroxylation is 1. The van der Waals surface area contributed by atoms with Crippen LogP contribution >= 0.6 is 11.6 Å². The smallest absolute Gasteiger partial charge is 0.243 e. The van der Waals surface area contributed by atoms with Crippen LogP contribution in [-0.4, -0.2) is 24.9 Å². The summed E-state index contributed by atoms with van der Waals surface area (Å²) in [6, 6.07) is 13.2. The summed E-state index contributed by atoms with van der Waals surface area (Å²) < 4.78 is 0. The summed E-state index contributed by atoms with van der Waals surface area (Å²) >= 11 is 5.97. The monoisotopic (exact) mass is 373 g/mol. The first-order chi connectivity index (χ1) is 12.4. The van der Waals surface area contributed by atoms with Crippen LogP contribution in [0.1, 0.15) is 29.7 Å². The Hall–Kier alpha value is -2.37. The molecule has 0 saturated heterocycles. The van der Waals surface area contributed by atoms with Gasteiger partial charge in [-0.25, -0.2) is 0 Å². The highest BCUT2D eigenvalue weighted by atomic mass is 35.5. The summed E-state index contributed by atoms with van der Waals surface area (Å²) in [6.45, 7) is 5.93. The van der Waals surface area contributed by atoms with Gasteiger partial charge in [0.25, 0.3) is 0 Å². The van der Waals surface area contributed by atoms with E-state index in [0.717, 1.165) is 22.4 Å². The van der Waals surface area contributed by atoms with Crippen LogP contribution in [0.2, 0.25) is 5.02 Å². The lowest BCUT2D eigenvalue weighted by Crippen LogP contribution is -2.39. The molecule has 2 aromatic rings. The van der Waals surface area contributed by atoms with Gasteiger partial charge < -0.3 is 16.0 Å². The minimum absolute atomic E-state index is 0.0248. The van der Waals surface area contributed by atoms with Gasteiger partial charge in [0.1, 0.15) is 0 Å². The van der Waals surface area contributed by atoms with Crippen LogP contribution in [0.15, 0.2) is 42.5 Å². The van der Waals surface area contributed by atoms with Crippen LogP contribution in [0.4, 0.5) is 5.69 Å². The number of rotatable bonds is 7. The van der Waals surface area contributed by atoms with Crippen LogP contribution in [0.5, 0.6) is 0 Å². The number of carbonyl (C=O) groups excluding carboxylic acids is 2. The Kier molecular flexibility index (Phi) is 7.18. The zero-order valence-corrected chi connectivity index (χ0v) is 16.0. The SMILES string of the molecule is Cc1cccc(NC(=O)CNC(=O)CN[C@@H](C)c2cccc(Cl)c2)c1C. The van der Waals surface area contributed by atoms with Gasteiger partial charge in [0.2, 0.25) is 11.8 Å². The average molecular weight is 374 g/mol. The van der Waals surface area contributed by atoms with E-state index in [1.807, 2.05) is 57.2 Å². The van der Waals surface area contributed by atoms with Crippen LogP contribution in [0.3, 0.4) is 0 Å². The zero-order valence-electron chi connectivity index (χ0n) is 15.2. The van der Waals surface area contributed by atoms with E-state index < -0.39 is 0 Å². The quantitative estimate of drug-likeness (QED) is 0.697. The highest BCUT2D eigenvalue weighted by Crippen LogP contribution is 2.18. The predicted octanol–water partition coefficient (Wildman–Crippen LogP) is 3.36. The molecule has 0 aliphatic carbocycles. The van der Waals surface area contributed by atoms with Crippen LogP contribution in [0, 0.1) is 13.8 Å². The Labute approximate surface area is 159 Å². The van der Waals surface area contributed by atoms with Crippen molar-refractivity contribution in [2.45, 2.75) is 26.8 Å². The Morgan fingerprint density at radius 3 is 2.50 bits per heavy atom. The molecule has 138 valence electrons. The van der Waals surface area contributed by atoms with Crippen molar-refractivity contribution in [3.05, 3.63) is 64.2 Å². The van der Waals surface area contributed by atoms with Crippen molar-refractivity contribution in [3.63, 3.8) is 0 Å². The van der Waals surface area contributed by atoms with E-state index in [0.29, 0.717) is 5.02 Å². The molecular weight excluding hydrogens is 350 g/mol. The number of anilines is 1. The Morgan fingerprint density at radius 2 is 1.77 bits per heavy atom. The average Bonchev–Trinajstić information content (AvgIpc) is 2.61. The van der Waals surface area contributed by atoms with Gasteiger partial charge in [0.05, 0.1) is 13.1 Å². The van der Waals surface area contributed by atoms with Crippen molar-refractivity contribution < 1.29 is 9.59 Å². The molecule has 6 heteroatoms. The van der Waals surface area contributed by atoms with Gasteiger partial charge in [-0.2, -0.15) is 0 Å². The first-order valence-electron chi connectivity index (χ1n) is 8.48. The van der Waals surface area contributed by atoms with Gasteiger partial charge in [-0.05, 0) is 55.7 Å². The second-order valence-electron chi connectivity index (χ2n) is 6.23. The molecule has 2 amide bonds. The third kappa shape index (κ3) is 5.86. The Bertz CT molecular complexity index is 792.